The van der Waals surface area contributed by atoms with E-state index in [0.29, 0.717) is 5.69 Å². The monoisotopic (exact) mass is 211 g/mol. The second-order valence-corrected chi connectivity index (χ2v) is 3.47. The highest BCUT2D eigenvalue weighted by atomic mass is 16.1. The summed E-state index contributed by atoms with van der Waals surface area (Å²) in [6.45, 7) is 1.99. The summed E-state index contributed by atoms with van der Waals surface area (Å²) in [6.07, 6.45) is 0. The Hall–Kier alpha value is -2.41. The van der Waals surface area contributed by atoms with E-state index in [9.17, 15) is 4.79 Å². The van der Waals surface area contributed by atoms with Gasteiger partial charge in [0.25, 0.3) is 5.56 Å². The predicted molar refractivity (Wildman–Crippen MR) is 59.7 cm³/mol. The van der Waals surface area contributed by atoms with Gasteiger partial charge in [-0.05, 0) is 13.0 Å². The van der Waals surface area contributed by atoms with Gasteiger partial charge in [0, 0.05) is 5.56 Å². The summed E-state index contributed by atoms with van der Waals surface area (Å²) in [4.78, 5) is 11.1. The minimum Gasteiger partial charge on any atom is -0.267 e. The molecule has 0 spiro atoms. The van der Waals surface area contributed by atoms with Gasteiger partial charge in [0.05, 0.1) is 5.69 Å². The predicted octanol–water partition coefficient (Wildman–Crippen LogP) is 1.62. The molecule has 0 amide bonds. The lowest BCUT2D eigenvalue weighted by Crippen LogP contribution is -2.11. The number of nitriles is 1. The zero-order valence-electron chi connectivity index (χ0n) is 8.69. The number of hydrogen-bond donors (Lipinski definition) is 1. The number of H-pyrrole nitrogens is 1. The van der Waals surface area contributed by atoms with Gasteiger partial charge in [-0.2, -0.15) is 10.4 Å². The molecule has 0 atom stereocenters. The van der Waals surface area contributed by atoms with Gasteiger partial charge in [-0.3, -0.25) is 4.79 Å². The van der Waals surface area contributed by atoms with Crippen molar-refractivity contribution in [2.24, 2.45) is 0 Å². The summed E-state index contributed by atoms with van der Waals surface area (Å²) < 4.78 is 0. The van der Waals surface area contributed by atoms with Crippen molar-refractivity contribution < 1.29 is 0 Å². The van der Waals surface area contributed by atoms with Gasteiger partial charge in [-0.25, -0.2) is 5.10 Å². The average Bonchev–Trinajstić information content (AvgIpc) is 2.31. The van der Waals surface area contributed by atoms with Crippen molar-refractivity contribution in [3.8, 4) is 17.3 Å². The Labute approximate surface area is 92.2 Å². The van der Waals surface area contributed by atoms with Crippen LogP contribution >= 0.6 is 0 Å². The van der Waals surface area contributed by atoms with Gasteiger partial charge in [-0.15, -0.1) is 0 Å². The average molecular weight is 211 g/mol. The fraction of sp³-hybridized carbons (Fsp3) is 0.0833. The molecule has 0 radical (unpaired) electrons. The summed E-state index contributed by atoms with van der Waals surface area (Å²) in [6, 6.07) is 11.0. The lowest BCUT2D eigenvalue weighted by Gasteiger charge is -2.00. The van der Waals surface area contributed by atoms with Crippen LogP contribution in [-0.2, 0) is 0 Å². The van der Waals surface area contributed by atoms with Crippen LogP contribution in [0.5, 0.6) is 0 Å². The van der Waals surface area contributed by atoms with Crippen molar-refractivity contribution in [1.82, 2.24) is 10.2 Å². The maximum Gasteiger partial charge on any atom is 0.282 e. The molecule has 2 rings (SSSR count). The number of aromatic amines is 1. The molecule has 0 aliphatic heterocycles. The summed E-state index contributed by atoms with van der Waals surface area (Å²) in [5.74, 6) is 0. The minimum absolute atomic E-state index is 0.0746. The van der Waals surface area contributed by atoms with E-state index in [2.05, 4.69) is 10.2 Å². The minimum atomic E-state index is -0.460. The Morgan fingerprint density at radius 3 is 2.62 bits per heavy atom. The van der Waals surface area contributed by atoms with Crippen LogP contribution in [0, 0.1) is 18.3 Å². The summed E-state index contributed by atoms with van der Waals surface area (Å²) in [7, 11) is 0. The van der Waals surface area contributed by atoms with E-state index >= 15 is 0 Å². The van der Waals surface area contributed by atoms with E-state index in [1.807, 2.05) is 37.3 Å². The van der Waals surface area contributed by atoms with Gasteiger partial charge in [0.2, 0.25) is 0 Å². The quantitative estimate of drug-likeness (QED) is 0.779. The van der Waals surface area contributed by atoms with Crippen molar-refractivity contribution in [2.45, 2.75) is 6.92 Å². The molecule has 4 nitrogen and oxygen atoms in total. The highest BCUT2D eigenvalue weighted by Crippen LogP contribution is 2.16. The third-order valence-corrected chi connectivity index (χ3v) is 2.27. The Kier molecular flexibility index (Phi) is 2.52. The number of benzene rings is 1. The van der Waals surface area contributed by atoms with Crippen molar-refractivity contribution in [3.05, 3.63) is 51.8 Å². The van der Waals surface area contributed by atoms with E-state index in [0.717, 1.165) is 11.1 Å². The van der Waals surface area contributed by atoms with Crippen LogP contribution in [0.2, 0.25) is 0 Å². The van der Waals surface area contributed by atoms with Crippen molar-refractivity contribution in [3.63, 3.8) is 0 Å². The molecule has 2 aromatic rings. The first-order chi connectivity index (χ1) is 7.70. The lowest BCUT2D eigenvalue weighted by atomic mass is 10.1. The Morgan fingerprint density at radius 2 is 2.00 bits per heavy atom. The molecule has 0 saturated carbocycles. The van der Waals surface area contributed by atoms with Crippen LogP contribution in [0.4, 0.5) is 0 Å². The first-order valence-electron chi connectivity index (χ1n) is 4.77. The van der Waals surface area contributed by atoms with E-state index in [4.69, 9.17) is 5.26 Å². The molecule has 4 heteroatoms. The largest absolute Gasteiger partial charge is 0.282 e. The second kappa shape index (κ2) is 3.99. The number of nitrogens with one attached hydrogen (secondary N) is 1. The van der Waals surface area contributed by atoms with Crippen molar-refractivity contribution in [1.29, 1.82) is 5.26 Å². The van der Waals surface area contributed by atoms with Crippen LogP contribution in [0.1, 0.15) is 11.1 Å². The molecule has 1 heterocycles. The molecule has 78 valence electrons. The van der Waals surface area contributed by atoms with Crippen LogP contribution in [0.3, 0.4) is 0 Å². The smallest absolute Gasteiger partial charge is 0.267 e. The summed E-state index contributed by atoms with van der Waals surface area (Å²) >= 11 is 0. The van der Waals surface area contributed by atoms with Gasteiger partial charge in [0.15, 0.2) is 0 Å². The number of nitrogens with zero attached hydrogens (tertiary/aromatic N) is 2. The molecule has 0 bridgehead atoms. The number of rotatable bonds is 1. The molecule has 0 aliphatic carbocycles. The molecule has 1 aromatic heterocycles. The number of aromatic nitrogens is 2. The van der Waals surface area contributed by atoms with Crippen LogP contribution in [-0.4, -0.2) is 10.2 Å². The maximum absolute atomic E-state index is 11.1. The highest BCUT2D eigenvalue weighted by Gasteiger charge is 2.03. The zero-order valence-corrected chi connectivity index (χ0v) is 8.69. The molecule has 1 aromatic carbocycles. The van der Waals surface area contributed by atoms with Crippen LogP contribution in [0.25, 0.3) is 11.3 Å². The molecular weight excluding hydrogens is 202 g/mol. The molecule has 16 heavy (non-hydrogen) atoms. The van der Waals surface area contributed by atoms with Crippen LogP contribution in [0.15, 0.2) is 35.1 Å². The molecular formula is C12H9N3O. The molecule has 0 unspecified atom stereocenters. The third-order valence-electron chi connectivity index (χ3n) is 2.27. The van der Waals surface area contributed by atoms with Crippen molar-refractivity contribution in [2.75, 3.05) is 0 Å². The zero-order chi connectivity index (χ0) is 11.5. The molecule has 0 saturated heterocycles. The topological polar surface area (TPSA) is 69.5 Å². The first kappa shape index (κ1) is 10.1. The molecule has 0 fully saturated rings. The standard InChI is InChI=1S/C12H9N3O/c1-8-2-4-9(5-3-8)11-6-10(7-13)12(16)15-14-11/h2-6H,1H3,(H,15,16). The van der Waals surface area contributed by atoms with Crippen molar-refractivity contribution >= 4 is 0 Å². The fourth-order valence-corrected chi connectivity index (χ4v) is 1.36. The van der Waals surface area contributed by atoms with Gasteiger partial charge in [0.1, 0.15) is 11.6 Å². The Balaban J connectivity index is 2.53. The lowest BCUT2D eigenvalue weighted by molar-refractivity contribution is 0.987. The van der Waals surface area contributed by atoms with E-state index in [1.54, 1.807) is 0 Å². The normalized spacial score (nSPS) is 9.75. The summed E-state index contributed by atoms with van der Waals surface area (Å²) in [5.41, 5.74) is 2.23. The highest BCUT2D eigenvalue weighted by molar-refractivity contribution is 5.60. The Morgan fingerprint density at radius 1 is 1.31 bits per heavy atom. The first-order valence-corrected chi connectivity index (χ1v) is 4.77. The van der Waals surface area contributed by atoms with Gasteiger partial charge in [-0.1, -0.05) is 29.8 Å². The second-order valence-electron chi connectivity index (χ2n) is 3.47. The van der Waals surface area contributed by atoms with Gasteiger partial charge < -0.3 is 0 Å². The molecule has 0 aliphatic rings. The Bertz CT molecular complexity index is 605. The fourth-order valence-electron chi connectivity index (χ4n) is 1.36. The van der Waals surface area contributed by atoms with E-state index in [-0.39, 0.29) is 5.56 Å². The SMILES string of the molecule is Cc1ccc(-c2cc(C#N)c(=O)[nH]n2)cc1. The number of hydrogen-bond acceptors (Lipinski definition) is 3. The van der Waals surface area contributed by atoms with Crippen LogP contribution < -0.4 is 5.56 Å². The molecule has 1 N–H and O–H groups in total. The third kappa shape index (κ3) is 1.84. The maximum atomic E-state index is 11.1. The summed E-state index contributed by atoms with van der Waals surface area (Å²) in [5, 5.41) is 14.9. The van der Waals surface area contributed by atoms with E-state index < -0.39 is 5.56 Å². The number of aryl methyl sites for hydroxylation is 1. The van der Waals surface area contributed by atoms with Gasteiger partial charge >= 0.3 is 0 Å². The van der Waals surface area contributed by atoms with E-state index in [1.165, 1.54) is 6.07 Å².